The molecule has 8 heteroatoms. The van der Waals surface area contributed by atoms with Gasteiger partial charge in [0.15, 0.2) is 0 Å². The molecule has 20 heavy (non-hydrogen) atoms. The van der Waals surface area contributed by atoms with Crippen LogP contribution >= 0.6 is 0 Å². The normalized spacial score (nSPS) is 10.9. The van der Waals surface area contributed by atoms with E-state index in [0.29, 0.717) is 12.2 Å². The Morgan fingerprint density at radius 2 is 1.75 bits per heavy atom. The van der Waals surface area contributed by atoms with E-state index in [-0.39, 0.29) is 4.90 Å². The third-order valence-corrected chi connectivity index (χ3v) is 3.39. The summed E-state index contributed by atoms with van der Waals surface area (Å²) in [5.74, 6) is -1.53. The molecule has 110 valence electrons. The van der Waals surface area contributed by atoms with E-state index in [1.54, 1.807) is 0 Å². The molecule has 4 N–H and O–H groups in total. The van der Waals surface area contributed by atoms with Gasteiger partial charge in [0.2, 0.25) is 10.0 Å². The largest absolute Gasteiger partial charge is 0.348 e. The summed E-state index contributed by atoms with van der Waals surface area (Å²) in [5, 5.41) is 9.78. The molecule has 0 radical (unpaired) electrons. The summed E-state index contributed by atoms with van der Waals surface area (Å²) in [7, 11) is -3.77. The monoisotopic (exact) mass is 299 g/mol. The van der Waals surface area contributed by atoms with Crippen molar-refractivity contribution in [2.45, 2.75) is 24.7 Å². The minimum Gasteiger partial charge on any atom is -0.348 e. The van der Waals surface area contributed by atoms with Gasteiger partial charge in [0.05, 0.1) is 4.90 Å². The van der Waals surface area contributed by atoms with E-state index in [0.717, 1.165) is 12.8 Å². The molecule has 0 heterocycles. The molecule has 7 nitrogen and oxygen atoms in total. The third kappa shape index (κ3) is 4.98. The molecule has 0 saturated carbocycles. The molecule has 1 aromatic rings. The highest BCUT2D eigenvalue weighted by Crippen LogP contribution is 2.12. The Labute approximate surface area is 117 Å². The van der Waals surface area contributed by atoms with E-state index >= 15 is 0 Å². The van der Waals surface area contributed by atoms with Gasteiger partial charge in [0, 0.05) is 12.2 Å². The lowest BCUT2D eigenvalue weighted by Gasteiger charge is -2.06. The number of nitrogens with two attached hydrogens (primary N) is 1. The number of amides is 2. The highest BCUT2D eigenvalue weighted by Gasteiger charge is 2.13. The fourth-order valence-electron chi connectivity index (χ4n) is 1.37. The van der Waals surface area contributed by atoms with Crippen LogP contribution in [0.15, 0.2) is 29.2 Å². The average Bonchev–Trinajstić information content (AvgIpc) is 2.38. The molecule has 0 unspecified atom stereocenters. The SMILES string of the molecule is CCCCNC(=O)C(=O)Nc1ccc(S(N)(=O)=O)cc1. The van der Waals surface area contributed by atoms with Crippen LogP contribution < -0.4 is 15.8 Å². The average molecular weight is 299 g/mol. The Hall–Kier alpha value is -1.93. The number of primary sulfonamides is 1. The summed E-state index contributed by atoms with van der Waals surface area (Å²) < 4.78 is 22.1. The van der Waals surface area contributed by atoms with Crippen molar-refractivity contribution < 1.29 is 18.0 Å². The first kappa shape index (κ1) is 16.1. The van der Waals surface area contributed by atoms with Crippen molar-refractivity contribution in [3.05, 3.63) is 24.3 Å². The highest BCUT2D eigenvalue weighted by atomic mass is 32.2. The number of hydrogen-bond acceptors (Lipinski definition) is 4. The summed E-state index contributed by atoms with van der Waals surface area (Å²) in [6, 6.07) is 5.22. The van der Waals surface area contributed by atoms with Gasteiger partial charge < -0.3 is 10.6 Å². The van der Waals surface area contributed by atoms with Gasteiger partial charge >= 0.3 is 11.8 Å². The van der Waals surface area contributed by atoms with Gasteiger partial charge in [-0.05, 0) is 30.7 Å². The maximum atomic E-state index is 11.5. The second kappa shape index (κ2) is 7.01. The smallest absolute Gasteiger partial charge is 0.313 e. The molecule has 0 saturated heterocycles. The lowest BCUT2D eigenvalue weighted by atomic mass is 10.3. The molecule has 2 amide bonds. The number of hydrogen-bond donors (Lipinski definition) is 3. The predicted octanol–water partition coefficient (Wildman–Crippen LogP) is 0.189. The summed E-state index contributed by atoms with van der Waals surface area (Å²) >= 11 is 0. The Bertz CT molecular complexity index is 581. The minimum atomic E-state index is -3.77. The van der Waals surface area contributed by atoms with Crippen molar-refractivity contribution in [1.82, 2.24) is 5.32 Å². The van der Waals surface area contributed by atoms with Gasteiger partial charge in [-0.1, -0.05) is 13.3 Å². The first-order valence-corrected chi connectivity index (χ1v) is 7.61. The molecule has 1 aromatic carbocycles. The summed E-state index contributed by atoms with van der Waals surface area (Å²) in [4.78, 5) is 22.9. The van der Waals surface area contributed by atoms with Crippen LogP contribution in [0.3, 0.4) is 0 Å². The predicted molar refractivity (Wildman–Crippen MR) is 74.4 cm³/mol. The number of unbranched alkanes of at least 4 members (excludes halogenated alkanes) is 1. The van der Waals surface area contributed by atoms with Gasteiger partial charge in [-0.3, -0.25) is 9.59 Å². The molecule has 0 aliphatic heterocycles. The first-order chi connectivity index (χ1) is 9.34. The van der Waals surface area contributed by atoms with Crippen LogP contribution in [0.5, 0.6) is 0 Å². The maximum absolute atomic E-state index is 11.5. The number of carbonyl (C=O) groups is 2. The fraction of sp³-hybridized carbons (Fsp3) is 0.333. The second-order valence-electron chi connectivity index (χ2n) is 4.13. The number of rotatable bonds is 5. The molecule has 1 rings (SSSR count). The number of benzene rings is 1. The first-order valence-electron chi connectivity index (χ1n) is 6.06. The standard InChI is InChI=1S/C12H17N3O4S/c1-2-3-8-14-11(16)12(17)15-9-4-6-10(7-5-9)20(13,18)19/h4-7H,2-3,8H2,1H3,(H,14,16)(H,15,17)(H2,13,18,19). The molecule has 0 aliphatic rings. The number of anilines is 1. The zero-order valence-electron chi connectivity index (χ0n) is 11.0. The summed E-state index contributed by atoms with van der Waals surface area (Å²) in [6.07, 6.45) is 1.71. The van der Waals surface area contributed by atoms with Gasteiger partial charge in [-0.15, -0.1) is 0 Å². The van der Waals surface area contributed by atoms with Crippen LogP contribution in [0.2, 0.25) is 0 Å². The molecule has 0 aliphatic carbocycles. The van der Waals surface area contributed by atoms with Gasteiger partial charge in [-0.25, -0.2) is 13.6 Å². The Kier molecular flexibility index (Phi) is 5.66. The number of carbonyl (C=O) groups excluding carboxylic acids is 2. The molecule has 0 bridgehead atoms. The van der Waals surface area contributed by atoms with Crippen LogP contribution in [-0.4, -0.2) is 26.8 Å². The number of sulfonamides is 1. The van der Waals surface area contributed by atoms with Crippen LogP contribution in [0.25, 0.3) is 0 Å². The van der Waals surface area contributed by atoms with Gasteiger partial charge in [-0.2, -0.15) is 0 Å². The summed E-state index contributed by atoms with van der Waals surface area (Å²) in [5.41, 5.74) is 0.313. The van der Waals surface area contributed by atoms with Crippen LogP contribution in [-0.2, 0) is 19.6 Å². The Morgan fingerprint density at radius 3 is 2.25 bits per heavy atom. The minimum absolute atomic E-state index is 0.0668. The van der Waals surface area contributed by atoms with Gasteiger partial charge in [0.25, 0.3) is 0 Å². The second-order valence-corrected chi connectivity index (χ2v) is 5.69. The van der Waals surface area contributed by atoms with Crippen LogP contribution in [0.1, 0.15) is 19.8 Å². The van der Waals surface area contributed by atoms with Crippen molar-refractivity contribution in [2.75, 3.05) is 11.9 Å². The zero-order chi connectivity index (χ0) is 15.2. The maximum Gasteiger partial charge on any atom is 0.313 e. The van der Waals surface area contributed by atoms with Gasteiger partial charge in [0.1, 0.15) is 0 Å². The third-order valence-electron chi connectivity index (χ3n) is 2.46. The van der Waals surface area contributed by atoms with E-state index in [4.69, 9.17) is 5.14 Å². The van der Waals surface area contributed by atoms with Crippen LogP contribution in [0, 0.1) is 0 Å². The molecule has 0 spiro atoms. The highest BCUT2D eigenvalue weighted by molar-refractivity contribution is 7.89. The molecule has 0 fully saturated rings. The van der Waals surface area contributed by atoms with Crippen molar-refractivity contribution in [3.63, 3.8) is 0 Å². The lowest BCUT2D eigenvalue weighted by molar-refractivity contribution is -0.136. The van der Waals surface area contributed by atoms with E-state index < -0.39 is 21.8 Å². The summed E-state index contributed by atoms with van der Waals surface area (Å²) in [6.45, 7) is 2.41. The van der Waals surface area contributed by atoms with Crippen molar-refractivity contribution in [2.24, 2.45) is 5.14 Å². The topological polar surface area (TPSA) is 118 Å². The van der Waals surface area contributed by atoms with E-state index in [2.05, 4.69) is 10.6 Å². The van der Waals surface area contributed by atoms with Crippen molar-refractivity contribution in [1.29, 1.82) is 0 Å². The lowest BCUT2D eigenvalue weighted by Crippen LogP contribution is -2.35. The van der Waals surface area contributed by atoms with E-state index in [1.165, 1.54) is 24.3 Å². The van der Waals surface area contributed by atoms with E-state index in [9.17, 15) is 18.0 Å². The molecular weight excluding hydrogens is 282 g/mol. The zero-order valence-corrected chi connectivity index (χ0v) is 11.9. The number of nitrogens with one attached hydrogen (secondary N) is 2. The molecular formula is C12H17N3O4S. The van der Waals surface area contributed by atoms with Crippen LogP contribution in [0.4, 0.5) is 5.69 Å². The van der Waals surface area contributed by atoms with E-state index in [1.807, 2.05) is 6.92 Å². The van der Waals surface area contributed by atoms with Crippen molar-refractivity contribution >= 4 is 27.5 Å². The molecule has 0 atom stereocenters. The Balaban J connectivity index is 2.60. The quantitative estimate of drug-likeness (QED) is 0.531. The molecule has 0 aromatic heterocycles. The Morgan fingerprint density at radius 1 is 1.15 bits per heavy atom. The van der Waals surface area contributed by atoms with Crippen molar-refractivity contribution in [3.8, 4) is 0 Å². The fourth-order valence-corrected chi connectivity index (χ4v) is 1.89.